The zero-order valence-electron chi connectivity index (χ0n) is 5.89. The van der Waals surface area contributed by atoms with Crippen molar-refractivity contribution in [1.82, 2.24) is 5.32 Å². The van der Waals surface area contributed by atoms with Gasteiger partial charge in [0.15, 0.2) is 5.17 Å². The first-order valence-corrected chi connectivity index (χ1v) is 4.59. The van der Waals surface area contributed by atoms with Crippen molar-refractivity contribution in [3.8, 4) is 0 Å². The largest absolute Gasteiger partial charge is 0.345 e. The molecule has 0 saturated heterocycles. The van der Waals surface area contributed by atoms with Gasteiger partial charge >= 0.3 is 0 Å². The second kappa shape index (κ2) is 3.30. The molecule has 0 aromatic heterocycles. The molecule has 0 aromatic carbocycles. The molecule has 56 valence electrons. The summed E-state index contributed by atoms with van der Waals surface area (Å²) in [4.78, 5) is 4.10. The minimum atomic E-state index is -0.0834. The van der Waals surface area contributed by atoms with Gasteiger partial charge < -0.3 is 5.32 Å². The maximum atomic E-state index is 5.87. The summed E-state index contributed by atoms with van der Waals surface area (Å²) in [5.74, 6) is 0. The van der Waals surface area contributed by atoms with E-state index in [1.807, 2.05) is 13.2 Å². The third kappa shape index (κ3) is 1.67. The number of thioether (sulfide) groups is 1. The quantitative estimate of drug-likeness (QED) is 0.450. The number of nitrogens with zero attached hydrogens (tertiary/aromatic N) is 1. The van der Waals surface area contributed by atoms with Crippen molar-refractivity contribution in [2.75, 3.05) is 6.26 Å². The van der Waals surface area contributed by atoms with E-state index in [1.165, 1.54) is 0 Å². The normalized spacial score (nSPS) is 24.9. The number of alkyl halides is 1. The summed E-state index contributed by atoms with van der Waals surface area (Å²) in [6, 6.07) is 0. The summed E-state index contributed by atoms with van der Waals surface area (Å²) in [6.45, 7) is 1.95. The monoisotopic (exact) mass is 176 g/mol. The Morgan fingerprint density at radius 1 is 1.80 bits per heavy atom. The Morgan fingerprint density at radius 3 is 3.00 bits per heavy atom. The van der Waals surface area contributed by atoms with E-state index in [1.54, 1.807) is 18.0 Å². The topological polar surface area (TPSA) is 24.4 Å². The Labute approximate surface area is 69.7 Å². The van der Waals surface area contributed by atoms with Crippen molar-refractivity contribution in [2.45, 2.75) is 12.4 Å². The first kappa shape index (κ1) is 7.95. The Kier molecular flexibility index (Phi) is 2.63. The molecular formula is C6H9ClN2S. The second-order valence-electron chi connectivity index (χ2n) is 2.02. The summed E-state index contributed by atoms with van der Waals surface area (Å²) < 4.78 is 0. The van der Waals surface area contributed by atoms with Gasteiger partial charge in [-0.05, 0) is 18.8 Å². The highest BCUT2D eigenvalue weighted by Crippen LogP contribution is 2.13. The predicted molar refractivity (Wildman–Crippen MR) is 47.5 cm³/mol. The van der Waals surface area contributed by atoms with Gasteiger partial charge in [0.2, 0.25) is 0 Å². The number of halogens is 1. The smallest absolute Gasteiger partial charge is 0.162 e. The van der Waals surface area contributed by atoms with Gasteiger partial charge in [-0.15, -0.1) is 0 Å². The summed E-state index contributed by atoms with van der Waals surface area (Å²) in [5, 5.41) is 3.91. The van der Waals surface area contributed by atoms with E-state index in [4.69, 9.17) is 11.6 Å². The van der Waals surface area contributed by atoms with Crippen LogP contribution in [0.15, 0.2) is 16.8 Å². The van der Waals surface area contributed by atoms with Gasteiger partial charge in [0, 0.05) is 6.20 Å². The standard InChI is InChI=1S/C6H9ClN2S/c1-4-3-8-6(10-2)9-5(4)7/h3,5H,1-2H3,(H,8,9). The van der Waals surface area contributed by atoms with Gasteiger partial charge in [0.05, 0.1) is 0 Å². The van der Waals surface area contributed by atoms with Crippen LogP contribution in [0, 0.1) is 0 Å². The Morgan fingerprint density at radius 2 is 2.50 bits per heavy atom. The minimum absolute atomic E-state index is 0.0834. The Bertz CT molecular complexity index is 188. The summed E-state index contributed by atoms with van der Waals surface area (Å²) >= 11 is 7.43. The maximum Gasteiger partial charge on any atom is 0.162 e. The van der Waals surface area contributed by atoms with Crippen molar-refractivity contribution in [3.63, 3.8) is 0 Å². The molecule has 10 heavy (non-hydrogen) atoms. The molecule has 1 atom stereocenters. The van der Waals surface area contributed by atoms with Crippen LogP contribution in [0.5, 0.6) is 0 Å². The molecule has 1 aliphatic heterocycles. The predicted octanol–water partition coefficient (Wildman–Crippen LogP) is 1.78. The fourth-order valence-corrected chi connectivity index (χ4v) is 1.22. The van der Waals surface area contributed by atoms with Crippen molar-refractivity contribution in [2.24, 2.45) is 4.99 Å². The number of rotatable bonds is 0. The summed E-state index contributed by atoms with van der Waals surface area (Å²) in [7, 11) is 0. The molecule has 1 N–H and O–H groups in total. The first-order valence-electron chi connectivity index (χ1n) is 2.93. The van der Waals surface area contributed by atoms with Crippen LogP contribution >= 0.6 is 23.4 Å². The summed E-state index contributed by atoms with van der Waals surface area (Å²) in [6.07, 6.45) is 3.75. The van der Waals surface area contributed by atoms with E-state index in [9.17, 15) is 0 Å². The molecule has 1 unspecified atom stereocenters. The molecule has 0 amide bonds. The van der Waals surface area contributed by atoms with Crippen molar-refractivity contribution < 1.29 is 0 Å². The number of nitrogens with one attached hydrogen (secondary N) is 1. The van der Waals surface area contributed by atoms with Crippen molar-refractivity contribution in [3.05, 3.63) is 11.8 Å². The highest BCUT2D eigenvalue weighted by molar-refractivity contribution is 8.13. The third-order valence-electron chi connectivity index (χ3n) is 1.23. The molecule has 4 heteroatoms. The van der Waals surface area contributed by atoms with Crippen LogP contribution in [0.1, 0.15) is 6.92 Å². The van der Waals surface area contributed by atoms with Gasteiger partial charge in [0.1, 0.15) is 5.50 Å². The molecule has 0 aromatic rings. The molecule has 1 aliphatic rings. The molecule has 0 saturated carbocycles. The molecule has 0 radical (unpaired) electrons. The lowest BCUT2D eigenvalue weighted by Crippen LogP contribution is -2.31. The van der Waals surface area contributed by atoms with Crippen LogP contribution in [0.4, 0.5) is 0 Å². The SMILES string of the molecule is CSC1=NC=C(C)C(Cl)N1. The minimum Gasteiger partial charge on any atom is -0.345 e. The average Bonchev–Trinajstić information content (AvgIpc) is 1.95. The maximum absolute atomic E-state index is 5.87. The van der Waals surface area contributed by atoms with E-state index in [0.717, 1.165) is 10.7 Å². The van der Waals surface area contributed by atoms with Gasteiger partial charge in [-0.2, -0.15) is 0 Å². The summed E-state index contributed by atoms with van der Waals surface area (Å²) in [5.41, 5.74) is 0.972. The van der Waals surface area contributed by atoms with E-state index >= 15 is 0 Å². The highest BCUT2D eigenvalue weighted by atomic mass is 35.5. The first-order chi connectivity index (χ1) is 4.74. The van der Waals surface area contributed by atoms with E-state index < -0.39 is 0 Å². The van der Waals surface area contributed by atoms with Crippen LogP contribution in [0.2, 0.25) is 0 Å². The number of hydrogen-bond donors (Lipinski definition) is 1. The molecule has 1 heterocycles. The van der Waals surface area contributed by atoms with Gasteiger partial charge in [-0.3, -0.25) is 0 Å². The average molecular weight is 177 g/mol. The highest BCUT2D eigenvalue weighted by Gasteiger charge is 2.11. The van der Waals surface area contributed by atoms with E-state index in [2.05, 4.69) is 10.3 Å². The lowest BCUT2D eigenvalue weighted by molar-refractivity contribution is 0.894. The molecule has 0 bridgehead atoms. The van der Waals surface area contributed by atoms with Crippen LogP contribution in [-0.2, 0) is 0 Å². The molecule has 0 spiro atoms. The molecule has 2 nitrogen and oxygen atoms in total. The molecule has 1 rings (SSSR count). The van der Waals surface area contributed by atoms with Crippen LogP contribution in [-0.4, -0.2) is 16.9 Å². The Hall–Kier alpha value is -0.150. The zero-order chi connectivity index (χ0) is 7.56. The van der Waals surface area contributed by atoms with E-state index in [0.29, 0.717) is 0 Å². The van der Waals surface area contributed by atoms with E-state index in [-0.39, 0.29) is 5.50 Å². The van der Waals surface area contributed by atoms with Crippen molar-refractivity contribution >= 4 is 28.5 Å². The molecular weight excluding hydrogens is 168 g/mol. The fourth-order valence-electron chi connectivity index (χ4n) is 0.597. The van der Waals surface area contributed by atoms with Crippen LogP contribution in [0.3, 0.4) is 0 Å². The number of hydrogen-bond acceptors (Lipinski definition) is 3. The van der Waals surface area contributed by atoms with Crippen molar-refractivity contribution in [1.29, 1.82) is 0 Å². The number of aliphatic imine (C=N–C) groups is 1. The van der Waals surface area contributed by atoms with Gasteiger partial charge in [-0.1, -0.05) is 23.4 Å². The lowest BCUT2D eigenvalue weighted by Gasteiger charge is -2.17. The van der Waals surface area contributed by atoms with Gasteiger partial charge in [0.25, 0.3) is 0 Å². The lowest BCUT2D eigenvalue weighted by atomic mass is 10.3. The second-order valence-corrected chi connectivity index (χ2v) is 3.25. The van der Waals surface area contributed by atoms with Crippen LogP contribution in [0.25, 0.3) is 0 Å². The Balaban J connectivity index is 2.68. The fraction of sp³-hybridized carbons (Fsp3) is 0.500. The number of amidine groups is 1. The van der Waals surface area contributed by atoms with Gasteiger partial charge in [-0.25, -0.2) is 4.99 Å². The van der Waals surface area contributed by atoms with Crippen LogP contribution < -0.4 is 5.32 Å². The molecule has 0 fully saturated rings. The zero-order valence-corrected chi connectivity index (χ0v) is 7.46. The molecule has 0 aliphatic carbocycles. The third-order valence-corrected chi connectivity index (χ3v) is 2.29.